The monoisotopic (exact) mass is 241 g/mol. The molecule has 17 heavy (non-hydrogen) atoms. The zero-order valence-electron chi connectivity index (χ0n) is 10.7. The van der Waals surface area contributed by atoms with Crippen LogP contribution in [0.25, 0.3) is 0 Å². The molecule has 0 aromatic rings. The van der Waals surface area contributed by atoms with E-state index in [1.807, 2.05) is 6.92 Å². The van der Waals surface area contributed by atoms with Crippen LogP contribution in [0.4, 0.5) is 0 Å². The van der Waals surface area contributed by atoms with E-state index in [4.69, 9.17) is 5.84 Å². The molecule has 1 fully saturated rings. The maximum Gasteiger partial charge on any atom is 0.244 e. The van der Waals surface area contributed by atoms with E-state index < -0.39 is 0 Å². The molecule has 4 N–H and O–H groups in total. The topological polar surface area (TPSA) is 82.8 Å². The average Bonchev–Trinajstić information content (AvgIpc) is 2.85. The maximum atomic E-state index is 11.6. The zero-order chi connectivity index (χ0) is 12.7. The molecule has 1 aliphatic carbocycles. The number of nitrogens with zero attached hydrogens (tertiary/aromatic N) is 2. The first-order valence-corrected chi connectivity index (χ1v) is 6.19. The largest absolute Gasteiger partial charge is 0.353 e. The van der Waals surface area contributed by atoms with Gasteiger partial charge in [-0.25, -0.2) is 10.8 Å². The van der Waals surface area contributed by atoms with E-state index in [0.29, 0.717) is 18.5 Å². The van der Waals surface area contributed by atoms with Crippen LogP contribution in [0.3, 0.4) is 0 Å². The number of hydrazine groups is 1. The molecule has 6 nitrogen and oxygen atoms in total. The highest BCUT2D eigenvalue weighted by atomic mass is 16.2. The van der Waals surface area contributed by atoms with Crippen molar-refractivity contribution in [1.29, 1.82) is 0 Å². The van der Waals surface area contributed by atoms with Gasteiger partial charge in [0.25, 0.3) is 0 Å². The highest BCUT2D eigenvalue weighted by molar-refractivity contribution is 5.84. The van der Waals surface area contributed by atoms with Gasteiger partial charge in [0.2, 0.25) is 11.9 Å². The van der Waals surface area contributed by atoms with Crippen molar-refractivity contribution in [3.63, 3.8) is 0 Å². The van der Waals surface area contributed by atoms with Crippen LogP contribution in [0, 0.1) is 0 Å². The van der Waals surface area contributed by atoms with E-state index >= 15 is 0 Å². The van der Waals surface area contributed by atoms with E-state index in [2.05, 4.69) is 15.7 Å². The molecule has 0 atom stereocenters. The summed E-state index contributed by atoms with van der Waals surface area (Å²) in [6, 6.07) is 0.434. The van der Waals surface area contributed by atoms with Crippen molar-refractivity contribution in [2.75, 3.05) is 20.1 Å². The van der Waals surface area contributed by atoms with Crippen LogP contribution in [0.5, 0.6) is 0 Å². The Bertz CT molecular complexity index is 273. The van der Waals surface area contributed by atoms with Crippen molar-refractivity contribution in [3.05, 3.63) is 0 Å². The lowest BCUT2D eigenvalue weighted by atomic mass is 10.2. The van der Waals surface area contributed by atoms with Gasteiger partial charge in [-0.15, -0.1) is 0 Å². The second-order valence-corrected chi connectivity index (χ2v) is 4.34. The summed E-state index contributed by atoms with van der Waals surface area (Å²) in [4.78, 5) is 17.3. The van der Waals surface area contributed by atoms with Gasteiger partial charge in [0.05, 0.1) is 0 Å². The molecule has 0 unspecified atom stereocenters. The molecule has 0 bridgehead atoms. The molecular weight excluding hydrogens is 218 g/mol. The minimum atomic E-state index is -0.00604. The molecule has 0 aromatic heterocycles. The van der Waals surface area contributed by atoms with E-state index in [1.165, 1.54) is 12.8 Å². The van der Waals surface area contributed by atoms with Gasteiger partial charge in [-0.3, -0.25) is 10.2 Å². The molecule has 1 rings (SSSR count). The number of amides is 1. The molecule has 98 valence electrons. The van der Waals surface area contributed by atoms with E-state index in [0.717, 1.165) is 12.8 Å². The van der Waals surface area contributed by atoms with Gasteiger partial charge >= 0.3 is 0 Å². The fraction of sp³-hybridized carbons (Fsp3) is 0.818. The molecule has 0 heterocycles. The normalized spacial score (nSPS) is 17.0. The van der Waals surface area contributed by atoms with Crippen LogP contribution >= 0.6 is 0 Å². The van der Waals surface area contributed by atoms with Crippen molar-refractivity contribution in [1.82, 2.24) is 15.6 Å². The molecule has 0 radical (unpaired) electrons. The van der Waals surface area contributed by atoms with Crippen molar-refractivity contribution >= 4 is 11.9 Å². The number of nitrogens with one attached hydrogen (secondary N) is 2. The first-order chi connectivity index (χ1) is 8.17. The smallest absolute Gasteiger partial charge is 0.244 e. The number of guanidine groups is 1. The summed E-state index contributed by atoms with van der Waals surface area (Å²) in [7, 11) is 1.76. The number of aliphatic imine (C=N–C) groups is 1. The molecule has 0 spiro atoms. The SMILES string of the molecule is CCN(C)C(=O)CN=C(NN)NC1CCCC1. The summed E-state index contributed by atoms with van der Waals surface area (Å²) in [6.45, 7) is 2.75. The van der Waals surface area contributed by atoms with Gasteiger partial charge in [-0.1, -0.05) is 12.8 Å². The molecule has 0 aromatic carbocycles. The number of hydrogen-bond acceptors (Lipinski definition) is 3. The van der Waals surface area contributed by atoms with Crippen LogP contribution in [-0.4, -0.2) is 42.9 Å². The Kier molecular flexibility index (Phi) is 5.76. The maximum absolute atomic E-state index is 11.6. The number of nitrogens with two attached hydrogens (primary N) is 1. The Balaban J connectivity index is 2.40. The summed E-state index contributed by atoms with van der Waals surface area (Å²) in [5.74, 6) is 5.88. The van der Waals surface area contributed by atoms with Gasteiger partial charge < -0.3 is 10.2 Å². The molecule has 0 saturated heterocycles. The van der Waals surface area contributed by atoms with Gasteiger partial charge in [-0.2, -0.15) is 0 Å². The second kappa shape index (κ2) is 7.11. The highest BCUT2D eigenvalue weighted by Gasteiger charge is 2.16. The zero-order valence-corrected chi connectivity index (χ0v) is 10.7. The second-order valence-electron chi connectivity index (χ2n) is 4.34. The lowest BCUT2D eigenvalue weighted by molar-refractivity contribution is -0.128. The summed E-state index contributed by atoms with van der Waals surface area (Å²) in [5, 5.41) is 3.22. The summed E-state index contributed by atoms with van der Waals surface area (Å²) >= 11 is 0. The van der Waals surface area contributed by atoms with Crippen LogP contribution in [0.2, 0.25) is 0 Å². The van der Waals surface area contributed by atoms with Crippen LogP contribution in [0.1, 0.15) is 32.6 Å². The van der Waals surface area contributed by atoms with E-state index in [1.54, 1.807) is 11.9 Å². The number of likely N-dealkylation sites (N-methyl/N-ethyl adjacent to an activating group) is 1. The predicted molar refractivity (Wildman–Crippen MR) is 68.3 cm³/mol. The molecule has 1 aliphatic rings. The fourth-order valence-corrected chi connectivity index (χ4v) is 1.84. The molecule has 1 saturated carbocycles. The van der Waals surface area contributed by atoms with Crippen LogP contribution in [-0.2, 0) is 4.79 Å². The third-order valence-electron chi connectivity index (χ3n) is 3.11. The van der Waals surface area contributed by atoms with Gasteiger partial charge in [0.15, 0.2) is 0 Å². The lowest BCUT2D eigenvalue weighted by Crippen LogP contribution is -2.46. The molecule has 6 heteroatoms. The Morgan fingerprint density at radius 2 is 2.12 bits per heavy atom. The van der Waals surface area contributed by atoms with E-state index in [-0.39, 0.29) is 12.5 Å². The van der Waals surface area contributed by atoms with Crippen molar-refractivity contribution in [2.24, 2.45) is 10.8 Å². The third kappa shape index (κ3) is 4.60. The van der Waals surface area contributed by atoms with Crippen molar-refractivity contribution in [2.45, 2.75) is 38.6 Å². The number of rotatable bonds is 4. The van der Waals surface area contributed by atoms with Gasteiger partial charge in [0.1, 0.15) is 6.54 Å². The Morgan fingerprint density at radius 1 is 1.47 bits per heavy atom. The first kappa shape index (κ1) is 13.8. The lowest BCUT2D eigenvalue weighted by Gasteiger charge is -2.16. The average molecular weight is 241 g/mol. The molecule has 0 aliphatic heterocycles. The Hall–Kier alpha value is -1.30. The predicted octanol–water partition coefficient (Wildman–Crippen LogP) is -0.184. The minimum Gasteiger partial charge on any atom is -0.353 e. The number of carbonyl (C=O) groups is 1. The fourth-order valence-electron chi connectivity index (χ4n) is 1.84. The first-order valence-electron chi connectivity index (χ1n) is 6.19. The Morgan fingerprint density at radius 3 is 2.65 bits per heavy atom. The van der Waals surface area contributed by atoms with Crippen LogP contribution < -0.4 is 16.6 Å². The quantitative estimate of drug-likeness (QED) is 0.276. The molecular formula is C11H23N5O. The van der Waals surface area contributed by atoms with Gasteiger partial charge in [-0.05, 0) is 19.8 Å². The number of hydrogen-bond donors (Lipinski definition) is 3. The summed E-state index contributed by atoms with van der Waals surface area (Å²) < 4.78 is 0. The molecule has 1 amide bonds. The van der Waals surface area contributed by atoms with Gasteiger partial charge in [0, 0.05) is 19.6 Å². The summed E-state index contributed by atoms with van der Waals surface area (Å²) in [5.41, 5.74) is 2.51. The van der Waals surface area contributed by atoms with E-state index in [9.17, 15) is 4.79 Å². The van der Waals surface area contributed by atoms with Crippen molar-refractivity contribution in [3.8, 4) is 0 Å². The standard InChI is InChI=1S/C11H23N5O/c1-3-16(2)10(17)8-13-11(15-12)14-9-6-4-5-7-9/h9H,3-8,12H2,1-2H3,(H2,13,14,15). The summed E-state index contributed by atoms with van der Waals surface area (Å²) in [6.07, 6.45) is 4.77. The highest BCUT2D eigenvalue weighted by Crippen LogP contribution is 2.17. The number of carbonyl (C=O) groups excluding carboxylic acids is 1. The Labute approximate surface area is 103 Å². The minimum absolute atomic E-state index is 0.00604. The third-order valence-corrected chi connectivity index (χ3v) is 3.11. The van der Waals surface area contributed by atoms with Crippen molar-refractivity contribution < 1.29 is 4.79 Å². The van der Waals surface area contributed by atoms with Crippen LogP contribution in [0.15, 0.2) is 4.99 Å².